The molecule has 2 nitrogen and oxygen atoms in total. The first-order valence-electron chi connectivity index (χ1n) is 4.60. The molecule has 0 aliphatic rings. The number of rotatable bonds is 1. The Morgan fingerprint density at radius 1 is 1.43 bits per heavy atom. The highest BCUT2D eigenvalue weighted by Crippen LogP contribution is 2.33. The van der Waals surface area contributed by atoms with Crippen molar-refractivity contribution in [1.29, 1.82) is 0 Å². The van der Waals surface area contributed by atoms with Crippen molar-refractivity contribution in [3.05, 3.63) is 28.5 Å². The third-order valence-electron chi connectivity index (χ3n) is 2.38. The Morgan fingerprint density at radius 2 is 2.14 bits per heavy atom. The summed E-state index contributed by atoms with van der Waals surface area (Å²) in [6, 6.07) is 3.73. The number of anilines is 1. The fraction of sp³-hybridized carbons (Fsp3) is 0.273. The largest absolute Gasteiger partial charge is 0.459 e. The van der Waals surface area contributed by atoms with Crippen LogP contribution in [-0.2, 0) is 6.42 Å². The van der Waals surface area contributed by atoms with E-state index in [1.54, 1.807) is 0 Å². The van der Waals surface area contributed by atoms with Crippen molar-refractivity contribution in [1.82, 2.24) is 0 Å². The summed E-state index contributed by atoms with van der Waals surface area (Å²) >= 11 is 5.95. The lowest BCUT2D eigenvalue weighted by atomic mass is 10.1. The van der Waals surface area contributed by atoms with E-state index in [9.17, 15) is 0 Å². The Morgan fingerprint density at radius 3 is 2.79 bits per heavy atom. The summed E-state index contributed by atoms with van der Waals surface area (Å²) in [4.78, 5) is 0. The Labute approximate surface area is 87.6 Å². The number of hydrogen-bond donors (Lipinski definition) is 1. The molecule has 1 aromatic carbocycles. The van der Waals surface area contributed by atoms with Gasteiger partial charge < -0.3 is 10.2 Å². The number of aryl methyl sites for hydroxylation is 2. The van der Waals surface area contributed by atoms with Crippen LogP contribution in [0.3, 0.4) is 0 Å². The number of benzene rings is 1. The molecule has 0 bridgehead atoms. The molecule has 2 aromatic rings. The average Bonchev–Trinajstić information content (AvgIpc) is 2.44. The summed E-state index contributed by atoms with van der Waals surface area (Å²) in [5.41, 5.74) is 8.53. The van der Waals surface area contributed by atoms with E-state index in [0.717, 1.165) is 28.7 Å². The van der Waals surface area contributed by atoms with Crippen molar-refractivity contribution in [3.63, 3.8) is 0 Å². The van der Waals surface area contributed by atoms with Crippen LogP contribution in [0.25, 0.3) is 11.0 Å². The van der Waals surface area contributed by atoms with Gasteiger partial charge in [0, 0.05) is 16.8 Å². The van der Waals surface area contributed by atoms with E-state index in [1.807, 2.05) is 26.0 Å². The van der Waals surface area contributed by atoms with E-state index in [0.29, 0.717) is 10.7 Å². The molecule has 2 rings (SSSR count). The average molecular weight is 210 g/mol. The molecule has 0 spiro atoms. The lowest BCUT2D eigenvalue weighted by molar-refractivity contribution is 0.557. The number of hydrogen-bond acceptors (Lipinski definition) is 2. The fourth-order valence-electron chi connectivity index (χ4n) is 1.66. The molecule has 0 radical (unpaired) electrons. The van der Waals surface area contributed by atoms with Gasteiger partial charge >= 0.3 is 0 Å². The smallest absolute Gasteiger partial charge is 0.139 e. The van der Waals surface area contributed by atoms with Crippen LogP contribution in [0.2, 0.25) is 5.02 Å². The van der Waals surface area contributed by atoms with Gasteiger partial charge in [0.15, 0.2) is 0 Å². The molecule has 0 atom stereocenters. The van der Waals surface area contributed by atoms with Gasteiger partial charge in [0.25, 0.3) is 0 Å². The molecule has 1 aromatic heterocycles. The minimum absolute atomic E-state index is 0.699. The second-order valence-electron chi connectivity index (χ2n) is 3.39. The number of furan rings is 1. The van der Waals surface area contributed by atoms with Gasteiger partial charge in [-0.3, -0.25) is 0 Å². The van der Waals surface area contributed by atoms with Gasteiger partial charge in [-0.05, 0) is 24.6 Å². The van der Waals surface area contributed by atoms with Crippen LogP contribution < -0.4 is 5.73 Å². The Balaban J connectivity index is 2.85. The minimum Gasteiger partial charge on any atom is -0.459 e. The maximum absolute atomic E-state index is 5.95. The first-order valence-corrected chi connectivity index (χ1v) is 4.98. The van der Waals surface area contributed by atoms with E-state index in [1.165, 1.54) is 0 Å². The highest BCUT2D eigenvalue weighted by Gasteiger charge is 2.12. The van der Waals surface area contributed by atoms with Crippen LogP contribution >= 0.6 is 11.6 Å². The van der Waals surface area contributed by atoms with Crippen molar-refractivity contribution in [2.45, 2.75) is 20.3 Å². The summed E-state index contributed by atoms with van der Waals surface area (Å²) in [6.45, 7) is 3.99. The van der Waals surface area contributed by atoms with Crippen molar-refractivity contribution in [2.75, 3.05) is 5.73 Å². The second-order valence-corrected chi connectivity index (χ2v) is 3.83. The van der Waals surface area contributed by atoms with Crippen molar-refractivity contribution >= 4 is 28.3 Å². The second kappa shape index (κ2) is 3.21. The fourth-order valence-corrected chi connectivity index (χ4v) is 1.93. The quantitative estimate of drug-likeness (QED) is 0.780. The first kappa shape index (κ1) is 9.41. The molecule has 0 fully saturated rings. The standard InChI is InChI=1S/C11H12ClNO/c1-3-9-10(13)8-5-7(12)4-6(2)11(8)14-9/h4-5H,3,13H2,1-2H3. The summed E-state index contributed by atoms with van der Waals surface area (Å²) in [7, 11) is 0. The zero-order valence-corrected chi connectivity index (χ0v) is 8.98. The number of fused-ring (bicyclic) bond motifs is 1. The zero-order chi connectivity index (χ0) is 10.3. The predicted octanol–water partition coefficient (Wildman–Crippen LogP) is 3.54. The van der Waals surface area contributed by atoms with E-state index >= 15 is 0 Å². The molecule has 14 heavy (non-hydrogen) atoms. The van der Waals surface area contributed by atoms with E-state index in [2.05, 4.69) is 0 Å². The van der Waals surface area contributed by atoms with Crippen LogP contribution in [0.15, 0.2) is 16.5 Å². The van der Waals surface area contributed by atoms with Gasteiger partial charge in [0.1, 0.15) is 11.3 Å². The van der Waals surface area contributed by atoms with Crippen LogP contribution in [-0.4, -0.2) is 0 Å². The van der Waals surface area contributed by atoms with Gasteiger partial charge in [0.05, 0.1) is 5.69 Å². The van der Waals surface area contributed by atoms with Crippen molar-refractivity contribution in [3.8, 4) is 0 Å². The summed E-state index contributed by atoms with van der Waals surface area (Å²) < 4.78 is 5.65. The van der Waals surface area contributed by atoms with Gasteiger partial charge in [-0.15, -0.1) is 0 Å². The number of nitrogens with two attached hydrogens (primary N) is 1. The summed E-state index contributed by atoms with van der Waals surface area (Å²) in [6.07, 6.45) is 0.803. The molecule has 0 aliphatic heterocycles. The lowest BCUT2D eigenvalue weighted by Crippen LogP contribution is -1.87. The number of nitrogen functional groups attached to an aromatic ring is 1. The molecule has 0 amide bonds. The summed E-state index contributed by atoms with van der Waals surface area (Å²) in [5, 5.41) is 1.62. The monoisotopic (exact) mass is 209 g/mol. The molecule has 1 heterocycles. The maximum Gasteiger partial charge on any atom is 0.139 e. The van der Waals surface area contributed by atoms with E-state index in [-0.39, 0.29) is 0 Å². The van der Waals surface area contributed by atoms with Crippen LogP contribution in [0, 0.1) is 6.92 Å². The Bertz CT molecular complexity index is 487. The third-order valence-corrected chi connectivity index (χ3v) is 2.59. The van der Waals surface area contributed by atoms with Crippen molar-refractivity contribution < 1.29 is 4.42 Å². The summed E-state index contributed by atoms with van der Waals surface area (Å²) in [5.74, 6) is 0.838. The first-order chi connectivity index (χ1) is 6.63. The SMILES string of the molecule is CCc1oc2c(C)cc(Cl)cc2c1N. The predicted molar refractivity (Wildman–Crippen MR) is 59.8 cm³/mol. The van der Waals surface area contributed by atoms with E-state index < -0.39 is 0 Å². The normalized spacial score (nSPS) is 11.1. The van der Waals surface area contributed by atoms with Gasteiger partial charge in [-0.1, -0.05) is 18.5 Å². The molecule has 2 N–H and O–H groups in total. The minimum atomic E-state index is 0.699. The number of halogens is 1. The molecule has 3 heteroatoms. The lowest BCUT2D eigenvalue weighted by Gasteiger charge is -1.95. The van der Waals surface area contributed by atoms with Crippen molar-refractivity contribution in [2.24, 2.45) is 0 Å². The maximum atomic E-state index is 5.95. The molecule has 0 aliphatic carbocycles. The van der Waals surface area contributed by atoms with E-state index in [4.69, 9.17) is 21.8 Å². The highest BCUT2D eigenvalue weighted by atomic mass is 35.5. The van der Waals surface area contributed by atoms with Gasteiger partial charge in [-0.2, -0.15) is 0 Å². The third kappa shape index (κ3) is 1.26. The molecule has 0 saturated heterocycles. The Kier molecular flexibility index (Phi) is 2.16. The molecule has 0 unspecified atom stereocenters. The molecule has 74 valence electrons. The molecule has 0 saturated carbocycles. The molecular formula is C11H12ClNO. The zero-order valence-electron chi connectivity index (χ0n) is 8.23. The van der Waals surface area contributed by atoms with Crippen LogP contribution in [0.4, 0.5) is 5.69 Å². The van der Waals surface area contributed by atoms with Crippen LogP contribution in [0.5, 0.6) is 0 Å². The van der Waals surface area contributed by atoms with Gasteiger partial charge in [0.2, 0.25) is 0 Å². The molecular weight excluding hydrogens is 198 g/mol. The highest BCUT2D eigenvalue weighted by molar-refractivity contribution is 6.31. The topological polar surface area (TPSA) is 39.2 Å². The Hall–Kier alpha value is -1.15. The van der Waals surface area contributed by atoms with Gasteiger partial charge in [-0.25, -0.2) is 0 Å². The van der Waals surface area contributed by atoms with Crippen LogP contribution in [0.1, 0.15) is 18.2 Å².